The van der Waals surface area contributed by atoms with Gasteiger partial charge in [-0.25, -0.2) is 17.8 Å². The van der Waals surface area contributed by atoms with Crippen molar-refractivity contribution >= 4 is 15.7 Å². The van der Waals surface area contributed by atoms with Crippen LogP contribution in [0.2, 0.25) is 0 Å². The molecule has 41 heavy (non-hydrogen) atoms. The zero-order valence-electron chi connectivity index (χ0n) is 22.7. The number of benzene rings is 3. The van der Waals surface area contributed by atoms with Gasteiger partial charge >= 0.3 is 0 Å². The number of carbonyl (C=O) groups excluding carboxylic acids is 1. The van der Waals surface area contributed by atoms with E-state index in [9.17, 15) is 17.6 Å². The summed E-state index contributed by atoms with van der Waals surface area (Å²) in [6.07, 6.45) is 1.51. The molecule has 10 heteroatoms. The van der Waals surface area contributed by atoms with Crippen LogP contribution < -0.4 is 0 Å². The summed E-state index contributed by atoms with van der Waals surface area (Å²) < 4.78 is 48.7. The quantitative estimate of drug-likeness (QED) is 0.268. The molecule has 1 amide bonds. The first-order valence-corrected chi connectivity index (χ1v) is 15.2. The number of nitrogens with zero attached hydrogens (tertiary/aromatic N) is 4. The van der Waals surface area contributed by atoms with Crippen LogP contribution in [0.25, 0.3) is 0 Å². The average Bonchev–Trinajstić information content (AvgIpc) is 3.40. The van der Waals surface area contributed by atoms with Gasteiger partial charge in [0.1, 0.15) is 5.82 Å². The van der Waals surface area contributed by atoms with E-state index in [2.05, 4.69) is 9.88 Å². The van der Waals surface area contributed by atoms with Crippen LogP contribution in [0, 0.1) is 5.82 Å². The van der Waals surface area contributed by atoms with Gasteiger partial charge in [-0.05, 0) is 23.8 Å². The lowest BCUT2D eigenvalue weighted by Gasteiger charge is -2.30. The van der Waals surface area contributed by atoms with Crippen LogP contribution in [0.1, 0.15) is 27.2 Å². The number of amides is 1. The summed E-state index contributed by atoms with van der Waals surface area (Å²) in [5, 5.41) is -0.153. The fourth-order valence-corrected chi connectivity index (χ4v) is 6.39. The molecular weight excluding hydrogens is 543 g/mol. The van der Waals surface area contributed by atoms with Gasteiger partial charge in [-0.2, -0.15) is 0 Å². The number of hydrogen-bond donors (Lipinski definition) is 0. The Morgan fingerprint density at radius 2 is 1.59 bits per heavy atom. The molecule has 0 bridgehead atoms. The van der Waals surface area contributed by atoms with Gasteiger partial charge in [-0.3, -0.25) is 9.69 Å². The number of carbonyl (C=O) groups is 1. The van der Waals surface area contributed by atoms with E-state index in [-0.39, 0.29) is 29.7 Å². The van der Waals surface area contributed by atoms with Crippen molar-refractivity contribution in [1.82, 2.24) is 19.4 Å². The first-order valence-electron chi connectivity index (χ1n) is 13.6. The summed E-state index contributed by atoms with van der Waals surface area (Å²) in [6.45, 7) is 4.38. The van der Waals surface area contributed by atoms with Crippen molar-refractivity contribution in [2.75, 3.05) is 39.4 Å². The Morgan fingerprint density at radius 1 is 0.927 bits per heavy atom. The zero-order chi connectivity index (χ0) is 28.7. The predicted octanol–water partition coefficient (Wildman–Crippen LogP) is 4.02. The van der Waals surface area contributed by atoms with Crippen LogP contribution in [0.3, 0.4) is 0 Å². The van der Waals surface area contributed by atoms with E-state index in [1.54, 1.807) is 27.7 Å². The van der Waals surface area contributed by atoms with E-state index in [0.717, 1.165) is 18.7 Å². The Kier molecular flexibility index (Phi) is 9.23. The largest absolute Gasteiger partial charge is 0.379 e. The molecule has 1 saturated heterocycles. The lowest BCUT2D eigenvalue weighted by atomic mass is 10.2. The third-order valence-corrected chi connectivity index (χ3v) is 8.69. The first kappa shape index (κ1) is 28.7. The molecule has 3 aromatic carbocycles. The Balaban J connectivity index is 1.48. The molecule has 0 spiro atoms. The van der Waals surface area contributed by atoms with Crippen molar-refractivity contribution in [1.29, 1.82) is 0 Å². The van der Waals surface area contributed by atoms with Gasteiger partial charge in [-0.15, -0.1) is 0 Å². The highest BCUT2D eigenvalue weighted by molar-refractivity contribution is 7.90. The highest BCUT2D eigenvalue weighted by atomic mass is 32.2. The van der Waals surface area contributed by atoms with E-state index in [0.29, 0.717) is 37.6 Å². The molecule has 214 valence electrons. The van der Waals surface area contributed by atoms with Crippen LogP contribution in [-0.4, -0.2) is 73.1 Å². The van der Waals surface area contributed by atoms with E-state index in [1.807, 2.05) is 48.5 Å². The second-order valence-corrected chi connectivity index (χ2v) is 11.9. The smallest absolute Gasteiger partial charge is 0.254 e. The maximum atomic E-state index is 14.4. The Labute approximate surface area is 239 Å². The van der Waals surface area contributed by atoms with Crippen molar-refractivity contribution in [2.45, 2.75) is 24.0 Å². The highest BCUT2D eigenvalue weighted by Gasteiger charge is 2.27. The van der Waals surface area contributed by atoms with Crippen LogP contribution in [0.4, 0.5) is 4.39 Å². The lowest BCUT2D eigenvalue weighted by molar-refractivity contribution is 0.0319. The molecule has 4 aromatic rings. The Morgan fingerprint density at radius 3 is 2.29 bits per heavy atom. The summed E-state index contributed by atoms with van der Waals surface area (Å²) in [4.78, 5) is 22.0. The monoisotopic (exact) mass is 576 g/mol. The summed E-state index contributed by atoms with van der Waals surface area (Å²) in [6, 6.07) is 24.3. The molecule has 8 nitrogen and oxygen atoms in total. The molecule has 0 unspecified atom stereocenters. The molecule has 0 atom stereocenters. The summed E-state index contributed by atoms with van der Waals surface area (Å²) >= 11 is 0. The molecule has 0 radical (unpaired) electrons. The minimum atomic E-state index is -4.02. The van der Waals surface area contributed by atoms with Crippen molar-refractivity contribution in [3.8, 4) is 0 Å². The van der Waals surface area contributed by atoms with Crippen LogP contribution in [0.5, 0.6) is 0 Å². The zero-order valence-corrected chi connectivity index (χ0v) is 23.5. The van der Waals surface area contributed by atoms with Gasteiger partial charge in [-0.1, -0.05) is 66.7 Å². The molecular formula is C31H33FN4O4S. The van der Waals surface area contributed by atoms with Crippen molar-refractivity contribution in [3.05, 3.63) is 119 Å². The number of hydrogen-bond acceptors (Lipinski definition) is 6. The molecule has 0 N–H and O–H groups in total. The number of halogens is 1. The predicted molar refractivity (Wildman–Crippen MR) is 154 cm³/mol. The van der Waals surface area contributed by atoms with E-state index in [1.165, 1.54) is 24.4 Å². The fourth-order valence-electron chi connectivity index (χ4n) is 4.88. The third kappa shape index (κ3) is 7.27. The molecule has 1 aliphatic heterocycles. The third-order valence-electron chi connectivity index (χ3n) is 7.12. The maximum absolute atomic E-state index is 14.4. The SMILES string of the molecule is O=C(c1ccccc1)N(CCN1CCOCC1)Cc1cnc(S(=O)(=O)Cc2ccccc2F)n1Cc1ccccc1. The lowest BCUT2D eigenvalue weighted by Crippen LogP contribution is -2.43. The van der Waals surface area contributed by atoms with Crippen molar-refractivity contribution in [3.63, 3.8) is 0 Å². The minimum absolute atomic E-state index is 0.0784. The second-order valence-electron chi connectivity index (χ2n) is 10.0. The van der Waals surface area contributed by atoms with Gasteiger partial charge in [0.05, 0.1) is 43.9 Å². The number of rotatable bonds is 11. The van der Waals surface area contributed by atoms with E-state index in [4.69, 9.17) is 4.74 Å². The summed E-state index contributed by atoms with van der Waals surface area (Å²) in [5.41, 5.74) is 2.08. The number of ether oxygens (including phenoxy) is 1. The molecule has 1 fully saturated rings. The second kappa shape index (κ2) is 13.2. The Bertz CT molecular complexity index is 1560. The summed E-state index contributed by atoms with van der Waals surface area (Å²) in [5.74, 6) is -1.25. The van der Waals surface area contributed by atoms with Crippen LogP contribution >= 0.6 is 0 Å². The van der Waals surface area contributed by atoms with Gasteiger partial charge in [0.2, 0.25) is 15.0 Å². The number of morpholine rings is 1. The van der Waals surface area contributed by atoms with Gasteiger partial charge in [0.25, 0.3) is 5.91 Å². The topological polar surface area (TPSA) is 84.7 Å². The minimum Gasteiger partial charge on any atom is -0.379 e. The van der Waals surface area contributed by atoms with Crippen LogP contribution in [0.15, 0.2) is 96.3 Å². The highest BCUT2D eigenvalue weighted by Crippen LogP contribution is 2.22. The van der Waals surface area contributed by atoms with Crippen molar-refractivity contribution < 1.29 is 22.3 Å². The van der Waals surface area contributed by atoms with Gasteiger partial charge < -0.3 is 14.2 Å². The normalized spacial score (nSPS) is 14.2. The number of aromatic nitrogens is 2. The summed E-state index contributed by atoms with van der Waals surface area (Å²) in [7, 11) is -4.02. The van der Waals surface area contributed by atoms with Crippen LogP contribution in [-0.2, 0) is 33.4 Å². The maximum Gasteiger partial charge on any atom is 0.254 e. The first-order chi connectivity index (χ1) is 19.9. The number of sulfone groups is 1. The standard InChI is InChI=1S/C31H33FN4O4S/c32-29-14-8-7-13-27(29)24-41(38,39)31-33-21-28(36(31)22-25-9-3-1-4-10-25)23-35(16-15-34-17-19-40-20-18-34)30(37)26-11-5-2-6-12-26/h1-14,21H,15-20,22-24H2. The van der Waals surface area contributed by atoms with Gasteiger partial charge in [0.15, 0.2) is 0 Å². The van der Waals surface area contributed by atoms with E-state index < -0.39 is 21.4 Å². The molecule has 1 aliphatic rings. The van der Waals surface area contributed by atoms with Gasteiger partial charge in [0, 0.05) is 37.3 Å². The molecule has 0 aliphatic carbocycles. The molecule has 1 aromatic heterocycles. The van der Waals surface area contributed by atoms with Crippen molar-refractivity contribution in [2.24, 2.45) is 0 Å². The Hall–Kier alpha value is -3.86. The average molecular weight is 577 g/mol. The fraction of sp³-hybridized carbons (Fsp3) is 0.290. The number of imidazole rings is 1. The molecule has 0 saturated carbocycles. The molecule has 5 rings (SSSR count). The van der Waals surface area contributed by atoms with E-state index >= 15 is 0 Å². The molecule has 2 heterocycles.